The van der Waals surface area contributed by atoms with Gasteiger partial charge in [0.15, 0.2) is 0 Å². The topological polar surface area (TPSA) is 38.5 Å². The van der Waals surface area contributed by atoms with Gasteiger partial charge in [-0.3, -0.25) is 0 Å². The van der Waals surface area contributed by atoms with E-state index in [4.69, 9.17) is 22.7 Å². The molecule has 2 N–H and O–H groups in total. The van der Waals surface area contributed by atoms with E-state index in [1.54, 1.807) is 19.2 Å². The highest BCUT2D eigenvalue weighted by atomic mass is 32.1. The zero-order valence-corrected chi connectivity index (χ0v) is 12.8. The van der Waals surface area contributed by atoms with Gasteiger partial charge in [-0.15, -0.1) is 0 Å². The van der Waals surface area contributed by atoms with E-state index in [9.17, 15) is 4.39 Å². The third kappa shape index (κ3) is 3.70. The molecule has 0 bridgehead atoms. The Morgan fingerprint density at radius 2 is 1.90 bits per heavy atom. The quantitative estimate of drug-likeness (QED) is 0.862. The lowest BCUT2D eigenvalue weighted by Gasteiger charge is -2.20. The second kappa shape index (κ2) is 6.54. The van der Waals surface area contributed by atoms with Gasteiger partial charge in [0, 0.05) is 19.3 Å². The Morgan fingerprint density at radius 3 is 2.48 bits per heavy atom. The molecule has 0 atom stereocenters. The highest BCUT2D eigenvalue weighted by Gasteiger charge is 2.09. The Kier molecular flexibility index (Phi) is 4.75. The van der Waals surface area contributed by atoms with Gasteiger partial charge in [-0.1, -0.05) is 18.3 Å². The molecule has 0 saturated heterocycles. The van der Waals surface area contributed by atoms with Crippen LogP contribution in [0.5, 0.6) is 5.75 Å². The molecule has 0 aliphatic heterocycles. The molecule has 0 aromatic heterocycles. The normalized spacial score (nSPS) is 10.2. The summed E-state index contributed by atoms with van der Waals surface area (Å²) in [5.74, 6) is 0.419. The van der Waals surface area contributed by atoms with Crippen LogP contribution in [0, 0.1) is 5.82 Å². The van der Waals surface area contributed by atoms with Crippen LogP contribution in [0.4, 0.5) is 10.1 Å². The number of hydrogen-bond acceptors (Lipinski definition) is 3. The molecule has 0 heterocycles. The lowest BCUT2D eigenvalue weighted by Crippen LogP contribution is -2.17. The molecule has 0 spiro atoms. The van der Waals surface area contributed by atoms with Crippen molar-refractivity contribution in [3.05, 3.63) is 59.4 Å². The van der Waals surface area contributed by atoms with Crippen LogP contribution in [-0.4, -0.2) is 19.1 Å². The fourth-order valence-electron chi connectivity index (χ4n) is 2.11. The van der Waals surface area contributed by atoms with Crippen LogP contribution in [0.2, 0.25) is 0 Å². The average molecular weight is 304 g/mol. The van der Waals surface area contributed by atoms with E-state index in [0.717, 1.165) is 16.8 Å². The molecule has 0 unspecified atom stereocenters. The van der Waals surface area contributed by atoms with E-state index in [1.165, 1.54) is 12.1 Å². The molecule has 0 aliphatic rings. The van der Waals surface area contributed by atoms with Crippen LogP contribution < -0.4 is 15.4 Å². The van der Waals surface area contributed by atoms with Crippen molar-refractivity contribution in [1.29, 1.82) is 0 Å². The Morgan fingerprint density at radius 1 is 1.24 bits per heavy atom. The van der Waals surface area contributed by atoms with E-state index in [2.05, 4.69) is 0 Å². The van der Waals surface area contributed by atoms with Crippen molar-refractivity contribution in [3.63, 3.8) is 0 Å². The van der Waals surface area contributed by atoms with Gasteiger partial charge >= 0.3 is 0 Å². The maximum absolute atomic E-state index is 12.9. The summed E-state index contributed by atoms with van der Waals surface area (Å²) in [5, 5.41) is 0. The van der Waals surface area contributed by atoms with E-state index >= 15 is 0 Å². The minimum atomic E-state index is -0.243. The van der Waals surface area contributed by atoms with Gasteiger partial charge in [0.2, 0.25) is 0 Å². The number of methoxy groups -OCH3 is 1. The minimum Gasteiger partial charge on any atom is -0.496 e. The van der Waals surface area contributed by atoms with Crippen molar-refractivity contribution in [1.82, 2.24) is 0 Å². The SMILES string of the molecule is COc1ccc(CN(C)c2ccc(F)cc2)cc1C(N)=S. The number of halogens is 1. The van der Waals surface area contributed by atoms with Crippen LogP contribution >= 0.6 is 12.2 Å². The summed E-state index contributed by atoms with van der Waals surface area (Å²) < 4.78 is 18.2. The first kappa shape index (κ1) is 15.3. The molecule has 0 radical (unpaired) electrons. The summed E-state index contributed by atoms with van der Waals surface area (Å²) >= 11 is 5.04. The standard InChI is InChI=1S/C16H17FN2OS/c1-19(13-6-4-12(17)5-7-13)10-11-3-8-15(20-2)14(9-11)16(18)21/h3-9H,10H2,1-2H3,(H2,18,21). The van der Waals surface area contributed by atoms with Crippen molar-refractivity contribution < 1.29 is 9.13 Å². The molecule has 0 fully saturated rings. The van der Waals surface area contributed by atoms with Crippen LogP contribution in [0.15, 0.2) is 42.5 Å². The molecule has 0 saturated carbocycles. The molecular formula is C16H17FN2OS. The number of ether oxygens (including phenoxy) is 1. The molecule has 0 aliphatic carbocycles. The van der Waals surface area contributed by atoms with Crippen LogP contribution in [0.3, 0.4) is 0 Å². The van der Waals surface area contributed by atoms with Gasteiger partial charge in [0.1, 0.15) is 16.6 Å². The van der Waals surface area contributed by atoms with Gasteiger partial charge in [-0.25, -0.2) is 4.39 Å². The van der Waals surface area contributed by atoms with Crippen LogP contribution in [-0.2, 0) is 6.54 Å². The molecule has 2 rings (SSSR count). The molecule has 2 aromatic rings. The molecular weight excluding hydrogens is 287 g/mol. The van der Waals surface area contributed by atoms with E-state index in [0.29, 0.717) is 17.3 Å². The van der Waals surface area contributed by atoms with E-state index < -0.39 is 0 Å². The second-order valence-electron chi connectivity index (χ2n) is 4.73. The monoisotopic (exact) mass is 304 g/mol. The summed E-state index contributed by atoms with van der Waals surface area (Å²) in [6, 6.07) is 12.1. The molecule has 2 aromatic carbocycles. The largest absolute Gasteiger partial charge is 0.496 e. The predicted molar refractivity (Wildman–Crippen MR) is 87.4 cm³/mol. The highest BCUT2D eigenvalue weighted by Crippen LogP contribution is 2.22. The zero-order chi connectivity index (χ0) is 15.4. The van der Waals surface area contributed by atoms with Crippen molar-refractivity contribution in [2.75, 3.05) is 19.1 Å². The van der Waals surface area contributed by atoms with Crippen LogP contribution in [0.25, 0.3) is 0 Å². The maximum atomic E-state index is 12.9. The van der Waals surface area contributed by atoms with Gasteiger partial charge in [-0.2, -0.15) is 0 Å². The number of rotatable bonds is 5. The zero-order valence-electron chi connectivity index (χ0n) is 12.0. The number of nitrogens with two attached hydrogens (primary N) is 1. The Bertz CT molecular complexity index is 643. The molecule has 110 valence electrons. The third-order valence-electron chi connectivity index (χ3n) is 3.22. The van der Waals surface area contributed by atoms with Crippen molar-refractivity contribution >= 4 is 22.9 Å². The number of thiocarbonyl (C=S) groups is 1. The molecule has 3 nitrogen and oxygen atoms in total. The van der Waals surface area contributed by atoms with Gasteiger partial charge in [0.05, 0.1) is 12.7 Å². The minimum absolute atomic E-state index is 0.243. The van der Waals surface area contributed by atoms with Crippen molar-refractivity contribution in [2.45, 2.75) is 6.54 Å². The lowest BCUT2D eigenvalue weighted by molar-refractivity contribution is 0.414. The van der Waals surface area contributed by atoms with E-state index in [-0.39, 0.29) is 5.82 Å². The predicted octanol–water partition coefficient (Wildman–Crippen LogP) is 3.10. The third-order valence-corrected chi connectivity index (χ3v) is 3.44. The first-order valence-corrected chi connectivity index (χ1v) is 6.85. The molecule has 21 heavy (non-hydrogen) atoms. The Hall–Kier alpha value is -2.14. The maximum Gasteiger partial charge on any atom is 0.129 e. The molecule has 5 heteroatoms. The first-order chi connectivity index (χ1) is 10.0. The average Bonchev–Trinajstić information content (AvgIpc) is 2.47. The summed E-state index contributed by atoms with van der Waals surface area (Å²) in [6.07, 6.45) is 0. The number of hydrogen-bond donors (Lipinski definition) is 1. The highest BCUT2D eigenvalue weighted by molar-refractivity contribution is 7.80. The number of anilines is 1. The lowest BCUT2D eigenvalue weighted by atomic mass is 10.1. The summed E-state index contributed by atoms with van der Waals surface area (Å²) in [6.45, 7) is 0.658. The first-order valence-electron chi connectivity index (χ1n) is 6.44. The fraction of sp³-hybridized carbons (Fsp3) is 0.188. The number of benzene rings is 2. The fourth-order valence-corrected chi connectivity index (χ4v) is 2.27. The van der Waals surface area contributed by atoms with Crippen molar-refractivity contribution in [3.8, 4) is 5.75 Å². The summed E-state index contributed by atoms with van der Waals surface area (Å²) in [7, 11) is 3.53. The smallest absolute Gasteiger partial charge is 0.129 e. The summed E-state index contributed by atoms with van der Waals surface area (Å²) in [4.78, 5) is 2.32. The second-order valence-corrected chi connectivity index (χ2v) is 5.17. The van der Waals surface area contributed by atoms with Gasteiger partial charge in [-0.05, 0) is 42.0 Å². The Labute approximate surface area is 129 Å². The van der Waals surface area contributed by atoms with E-state index in [1.807, 2.05) is 30.1 Å². The summed E-state index contributed by atoms with van der Waals surface area (Å²) in [5.41, 5.74) is 8.41. The van der Waals surface area contributed by atoms with Crippen molar-refractivity contribution in [2.24, 2.45) is 5.73 Å². The Balaban J connectivity index is 2.21. The van der Waals surface area contributed by atoms with Gasteiger partial charge < -0.3 is 15.4 Å². The van der Waals surface area contributed by atoms with Crippen LogP contribution in [0.1, 0.15) is 11.1 Å². The van der Waals surface area contributed by atoms with Gasteiger partial charge in [0.25, 0.3) is 0 Å². The molecule has 0 amide bonds. The number of nitrogens with zero attached hydrogens (tertiary/aromatic N) is 1.